The highest BCUT2D eigenvalue weighted by Crippen LogP contribution is 2.19. The van der Waals surface area contributed by atoms with Crippen LogP contribution < -0.4 is 10.2 Å². The summed E-state index contributed by atoms with van der Waals surface area (Å²) in [5.74, 6) is 0.954. The Bertz CT molecular complexity index is 625. The second-order valence-electron chi connectivity index (χ2n) is 5.54. The molecular weight excluding hydrogens is 304 g/mol. The zero-order valence-electron chi connectivity index (χ0n) is 12.9. The van der Waals surface area contributed by atoms with E-state index in [1.165, 1.54) is 0 Å². The second kappa shape index (κ2) is 7.38. The number of carbonyl (C=O) groups excluding carboxylic acids is 1. The molecule has 0 saturated carbocycles. The Morgan fingerprint density at radius 1 is 1.32 bits per heavy atom. The molecule has 1 unspecified atom stereocenters. The van der Waals surface area contributed by atoms with Crippen LogP contribution in [0.2, 0.25) is 5.02 Å². The topological polar surface area (TPSA) is 72.5 Å². The van der Waals surface area contributed by atoms with Crippen molar-refractivity contribution in [1.29, 1.82) is 0 Å². The third kappa shape index (κ3) is 4.82. The van der Waals surface area contributed by atoms with Crippen LogP contribution in [0.5, 0.6) is 0 Å². The van der Waals surface area contributed by atoms with E-state index in [4.69, 9.17) is 16.0 Å². The molecule has 1 aromatic carbocycles. The highest BCUT2D eigenvalue weighted by atomic mass is 35.5. The van der Waals surface area contributed by atoms with Crippen molar-refractivity contribution in [3.63, 3.8) is 0 Å². The number of quaternary nitrogens is 1. The first-order valence-corrected chi connectivity index (χ1v) is 7.51. The maximum Gasteiger partial charge on any atom is 0.275 e. The number of hydrogen-bond donors (Lipinski definition) is 2. The molecular formula is C15H20ClN4O2+. The fourth-order valence-electron chi connectivity index (χ4n) is 2.00. The van der Waals surface area contributed by atoms with Gasteiger partial charge < -0.3 is 14.6 Å². The molecule has 2 N–H and O–H groups in total. The van der Waals surface area contributed by atoms with Crippen molar-refractivity contribution in [1.82, 2.24) is 15.5 Å². The number of carbonyl (C=O) groups is 1. The smallest absolute Gasteiger partial charge is 0.275 e. The molecule has 0 aliphatic rings. The first kappa shape index (κ1) is 16.5. The number of rotatable bonds is 6. The van der Waals surface area contributed by atoms with Crippen LogP contribution in [0.3, 0.4) is 0 Å². The quantitative estimate of drug-likeness (QED) is 0.829. The Labute approximate surface area is 134 Å². The van der Waals surface area contributed by atoms with Gasteiger partial charge in [-0.15, -0.1) is 10.2 Å². The minimum atomic E-state index is 0.00457. The van der Waals surface area contributed by atoms with Crippen molar-refractivity contribution in [3.8, 4) is 11.5 Å². The number of hydrogen-bond acceptors (Lipinski definition) is 4. The summed E-state index contributed by atoms with van der Waals surface area (Å²) < 4.78 is 5.63. The molecule has 6 nitrogen and oxygen atoms in total. The standard InChI is InChI=1S/C15H19ClN4O2/c1-10(2)17-13(21)8-20(3)9-14-18-19-15(22-14)11-4-6-12(16)7-5-11/h4-7,10H,8-9H2,1-3H3,(H,17,21)/p+1. The van der Waals surface area contributed by atoms with Crippen molar-refractivity contribution < 1.29 is 14.1 Å². The van der Waals surface area contributed by atoms with Gasteiger partial charge in [-0.25, -0.2) is 0 Å². The van der Waals surface area contributed by atoms with Gasteiger partial charge in [-0.05, 0) is 38.1 Å². The molecule has 2 aromatic rings. The molecule has 1 aromatic heterocycles. The molecule has 22 heavy (non-hydrogen) atoms. The maximum absolute atomic E-state index is 11.7. The van der Waals surface area contributed by atoms with Crippen molar-refractivity contribution >= 4 is 17.5 Å². The van der Waals surface area contributed by atoms with E-state index in [2.05, 4.69) is 15.5 Å². The minimum Gasteiger partial charge on any atom is -0.415 e. The van der Waals surface area contributed by atoms with Gasteiger partial charge >= 0.3 is 0 Å². The van der Waals surface area contributed by atoms with Crippen LogP contribution >= 0.6 is 11.6 Å². The Kier molecular flexibility index (Phi) is 5.51. The Balaban J connectivity index is 1.94. The van der Waals surface area contributed by atoms with Crippen molar-refractivity contribution in [2.75, 3.05) is 13.6 Å². The lowest BCUT2D eigenvalue weighted by Crippen LogP contribution is -3.09. The van der Waals surface area contributed by atoms with Gasteiger partial charge in [0.25, 0.3) is 11.8 Å². The highest BCUT2D eigenvalue weighted by Gasteiger charge is 2.16. The molecule has 0 saturated heterocycles. The summed E-state index contributed by atoms with van der Waals surface area (Å²) in [7, 11) is 1.91. The maximum atomic E-state index is 11.7. The zero-order valence-corrected chi connectivity index (χ0v) is 13.6. The van der Waals surface area contributed by atoms with E-state index in [1.54, 1.807) is 12.1 Å². The molecule has 1 amide bonds. The summed E-state index contributed by atoms with van der Waals surface area (Å²) in [6.07, 6.45) is 0. The summed E-state index contributed by atoms with van der Waals surface area (Å²) in [6.45, 7) is 4.72. The van der Waals surface area contributed by atoms with Crippen molar-refractivity contribution in [2.45, 2.75) is 26.4 Å². The van der Waals surface area contributed by atoms with Gasteiger partial charge in [0, 0.05) is 16.6 Å². The van der Waals surface area contributed by atoms with Crippen LogP contribution in [-0.2, 0) is 11.3 Å². The second-order valence-corrected chi connectivity index (χ2v) is 5.98. The third-order valence-corrected chi connectivity index (χ3v) is 3.17. The number of benzene rings is 1. The number of amides is 1. The summed E-state index contributed by atoms with van der Waals surface area (Å²) >= 11 is 5.85. The number of aromatic nitrogens is 2. The Hall–Kier alpha value is -1.92. The molecule has 1 atom stereocenters. The van der Waals surface area contributed by atoms with Crippen molar-refractivity contribution in [2.24, 2.45) is 0 Å². The van der Waals surface area contributed by atoms with Crippen LogP contribution in [-0.4, -0.2) is 35.7 Å². The molecule has 0 fully saturated rings. The molecule has 0 aliphatic carbocycles. The Morgan fingerprint density at radius 3 is 2.64 bits per heavy atom. The lowest BCUT2D eigenvalue weighted by atomic mass is 10.2. The Morgan fingerprint density at radius 2 is 2.00 bits per heavy atom. The third-order valence-electron chi connectivity index (χ3n) is 2.92. The lowest BCUT2D eigenvalue weighted by molar-refractivity contribution is -0.886. The number of nitrogens with one attached hydrogen (secondary N) is 2. The molecule has 2 rings (SSSR count). The van der Waals surface area contributed by atoms with Crippen molar-refractivity contribution in [3.05, 3.63) is 35.2 Å². The predicted octanol–water partition coefficient (Wildman–Crippen LogP) is 0.929. The van der Waals surface area contributed by atoms with E-state index >= 15 is 0 Å². The normalized spacial score (nSPS) is 12.4. The number of halogens is 1. The van der Waals surface area contributed by atoms with Gasteiger partial charge in [-0.2, -0.15) is 0 Å². The van der Waals surface area contributed by atoms with Crippen LogP contribution in [0.15, 0.2) is 28.7 Å². The van der Waals surface area contributed by atoms with E-state index in [-0.39, 0.29) is 11.9 Å². The predicted molar refractivity (Wildman–Crippen MR) is 83.5 cm³/mol. The highest BCUT2D eigenvalue weighted by molar-refractivity contribution is 6.30. The first-order chi connectivity index (χ1) is 10.4. The fourth-order valence-corrected chi connectivity index (χ4v) is 2.13. The van der Waals surface area contributed by atoms with Gasteiger partial charge in [0.05, 0.1) is 7.05 Å². The summed E-state index contributed by atoms with van der Waals surface area (Å²) in [5.41, 5.74) is 0.818. The molecule has 0 bridgehead atoms. The minimum absolute atomic E-state index is 0.00457. The summed E-state index contributed by atoms with van der Waals surface area (Å²) in [6, 6.07) is 7.33. The van der Waals surface area contributed by atoms with Gasteiger partial charge in [0.2, 0.25) is 5.89 Å². The molecule has 0 radical (unpaired) electrons. The molecule has 1 heterocycles. The number of nitrogens with zero attached hydrogens (tertiary/aromatic N) is 2. The van der Waals surface area contributed by atoms with Gasteiger partial charge in [-0.1, -0.05) is 11.6 Å². The molecule has 0 spiro atoms. The van der Waals surface area contributed by atoms with E-state index in [1.807, 2.05) is 33.0 Å². The molecule has 7 heteroatoms. The molecule has 118 valence electrons. The molecule has 0 aliphatic heterocycles. The SMILES string of the molecule is CC(C)NC(=O)C[NH+](C)Cc1nnc(-c2ccc(Cl)cc2)o1. The van der Waals surface area contributed by atoms with Gasteiger partial charge in [-0.3, -0.25) is 4.79 Å². The van der Waals surface area contributed by atoms with Crippen LogP contribution in [0.4, 0.5) is 0 Å². The summed E-state index contributed by atoms with van der Waals surface area (Å²) in [4.78, 5) is 12.7. The van der Waals surface area contributed by atoms with E-state index < -0.39 is 0 Å². The van der Waals surface area contributed by atoms with Gasteiger partial charge in [0.1, 0.15) is 0 Å². The number of likely N-dealkylation sites (N-methyl/N-ethyl adjacent to an activating group) is 1. The van der Waals surface area contributed by atoms with Crippen LogP contribution in [0.25, 0.3) is 11.5 Å². The first-order valence-electron chi connectivity index (χ1n) is 7.13. The average Bonchev–Trinajstić information content (AvgIpc) is 2.86. The summed E-state index contributed by atoms with van der Waals surface area (Å²) in [5, 5.41) is 11.6. The van der Waals surface area contributed by atoms with Crippen LogP contribution in [0.1, 0.15) is 19.7 Å². The fraction of sp³-hybridized carbons (Fsp3) is 0.400. The average molecular weight is 324 g/mol. The monoisotopic (exact) mass is 323 g/mol. The largest absolute Gasteiger partial charge is 0.415 e. The van der Waals surface area contributed by atoms with E-state index in [9.17, 15) is 4.79 Å². The van der Waals surface area contributed by atoms with Gasteiger partial charge in [0.15, 0.2) is 13.1 Å². The van der Waals surface area contributed by atoms with Crippen LogP contribution in [0, 0.1) is 0 Å². The lowest BCUT2D eigenvalue weighted by Gasteiger charge is -2.13. The van der Waals surface area contributed by atoms with E-state index in [0.29, 0.717) is 29.9 Å². The zero-order chi connectivity index (χ0) is 16.1. The van der Waals surface area contributed by atoms with E-state index in [0.717, 1.165) is 10.5 Å².